The third-order valence-corrected chi connectivity index (χ3v) is 3.45. The van der Waals surface area contributed by atoms with Crippen molar-refractivity contribution < 1.29 is 14.5 Å². The number of rotatable bonds is 3. The van der Waals surface area contributed by atoms with Gasteiger partial charge in [0.05, 0.1) is 17.6 Å². The quantitative estimate of drug-likeness (QED) is 0.661. The molecule has 0 spiro atoms. The summed E-state index contributed by atoms with van der Waals surface area (Å²) in [6.07, 6.45) is 1.48. The minimum Gasteiger partial charge on any atom is -0.496 e. The third kappa shape index (κ3) is 2.88. The van der Waals surface area contributed by atoms with Gasteiger partial charge >= 0.3 is 0 Å². The first kappa shape index (κ1) is 14.3. The maximum absolute atomic E-state index is 12.4. The lowest BCUT2D eigenvalue weighted by molar-refractivity contribution is -0.384. The van der Waals surface area contributed by atoms with Crippen LogP contribution in [0.3, 0.4) is 0 Å². The van der Waals surface area contributed by atoms with E-state index in [9.17, 15) is 14.9 Å². The van der Waals surface area contributed by atoms with Crippen molar-refractivity contribution in [3.8, 4) is 5.75 Å². The highest BCUT2D eigenvalue weighted by atomic mass is 16.6. The summed E-state index contributed by atoms with van der Waals surface area (Å²) in [5.41, 5.74) is 5.90. The van der Waals surface area contributed by atoms with E-state index < -0.39 is 4.92 Å². The minimum absolute atomic E-state index is 0.117. The van der Waals surface area contributed by atoms with Gasteiger partial charge in [0.2, 0.25) is 0 Å². The minimum atomic E-state index is -0.525. The van der Waals surface area contributed by atoms with Crippen LogP contribution >= 0.6 is 0 Å². The van der Waals surface area contributed by atoms with Crippen LogP contribution in [0.4, 0.5) is 5.69 Å². The summed E-state index contributed by atoms with van der Waals surface area (Å²) in [4.78, 5) is 24.4. The molecule has 7 heteroatoms. The molecule has 1 aliphatic heterocycles. The number of nitro groups is 1. The molecule has 20 heavy (non-hydrogen) atoms. The third-order valence-electron chi connectivity index (χ3n) is 3.45. The largest absolute Gasteiger partial charge is 0.496 e. The Hall–Kier alpha value is -2.15. The Bertz CT molecular complexity index is 524. The molecule has 2 N–H and O–H groups in total. The molecule has 1 aliphatic rings. The molecule has 1 heterocycles. The molecule has 0 atom stereocenters. The first-order valence-corrected chi connectivity index (χ1v) is 6.40. The van der Waals surface area contributed by atoms with E-state index in [1.165, 1.54) is 25.3 Å². The summed E-state index contributed by atoms with van der Waals surface area (Å²) in [6.45, 7) is 1.12. The molecular weight excluding hydrogens is 262 g/mol. The van der Waals surface area contributed by atoms with Crippen molar-refractivity contribution in [3.63, 3.8) is 0 Å². The average molecular weight is 279 g/mol. The highest BCUT2D eigenvalue weighted by Crippen LogP contribution is 2.26. The number of piperidine rings is 1. The molecule has 108 valence electrons. The molecule has 0 bridgehead atoms. The highest BCUT2D eigenvalue weighted by Gasteiger charge is 2.25. The molecular formula is C13H17N3O4. The van der Waals surface area contributed by atoms with Crippen molar-refractivity contribution in [2.75, 3.05) is 20.2 Å². The predicted octanol–water partition coefficient (Wildman–Crippen LogP) is 1.17. The molecule has 1 aromatic carbocycles. The molecule has 0 radical (unpaired) electrons. The zero-order valence-corrected chi connectivity index (χ0v) is 11.2. The van der Waals surface area contributed by atoms with E-state index in [-0.39, 0.29) is 23.2 Å². The van der Waals surface area contributed by atoms with Crippen LogP contribution in [0.25, 0.3) is 0 Å². The van der Waals surface area contributed by atoms with Gasteiger partial charge in [0, 0.05) is 31.3 Å². The summed E-state index contributed by atoms with van der Waals surface area (Å²) >= 11 is 0. The lowest BCUT2D eigenvalue weighted by atomic mass is 10.0. The second-order valence-corrected chi connectivity index (χ2v) is 4.77. The number of hydrogen-bond donors (Lipinski definition) is 1. The molecule has 7 nitrogen and oxygen atoms in total. The van der Waals surface area contributed by atoms with Crippen LogP contribution in [0.2, 0.25) is 0 Å². The number of nitro benzene ring substituents is 1. The molecule has 2 rings (SSSR count). The van der Waals surface area contributed by atoms with E-state index in [4.69, 9.17) is 10.5 Å². The summed E-state index contributed by atoms with van der Waals surface area (Å²) in [7, 11) is 1.43. The van der Waals surface area contributed by atoms with Crippen LogP contribution in [-0.2, 0) is 0 Å². The second-order valence-electron chi connectivity index (χ2n) is 4.77. The van der Waals surface area contributed by atoms with Gasteiger partial charge in [-0.15, -0.1) is 0 Å². The standard InChI is InChI=1S/C13H17N3O4/c1-20-12-3-2-10(16(18)19)8-11(12)13(17)15-6-4-9(14)5-7-15/h2-3,8-9H,4-7,14H2,1H3. The zero-order chi connectivity index (χ0) is 14.7. The Morgan fingerprint density at radius 2 is 2.10 bits per heavy atom. The van der Waals surface area contributed by atoms with Crippen molar-refractivity contribution in [3.05, 3.63) is 33.9 Å². The first-order valence-electron chi connectivity index (χ1n) is 6.40. The number of methoxy groups -OCH3 is 1. The van der Waals surface area contributed by atoms with E-state index in [0.717, 1.165) is 12.8 Å². The SMILES string of the molecule is COc1ccc([N+](=O)[O-])cc1C(=O)N1CCC(N)CC1. The molecule has 1 fully saturated rings. The average Bonchev–Trinajstić information content (AvgIpc) is 2.46. The fourth-order valence-corrected chi connectivity index (χ4v) is 2.25. The summed E-state index contributed by atoms with van der Waals surface area (Å²) in [6, 6.07) is 4.14. The topological polar surface area (TPSA) is 98.7 Å². The number of nitrogens with zero attached hydrogens (tertiary/aromatic N) is 2. The smallest absolute Gasteiger partial charge is 0.270 e. The van der Waals surface area contributed by atoms with Crippen molar-refractivity contribution in [1.29, 1.82) is 0 Å². The lowest BCUT2D eigenvalue weighted by Gasteiger charge is -2.30. The maximum atomic E-state index is 12.4. The highest BCUT2D eigenvalue weighted by molar-refractivity contribution is 5.97. The van der Waals surface area contributed by atoms with E-state index in [1.54, 1.807) is 4.90 Å². The fourth-order valence-electron chi connectivity index (χ4n) is 2.25. The molecule has 1 aromatic rings. The van der Waals surface area contributed by atoms with Gasteiger partial charge in [0.15, 0.2) is 0 Å². The number of ether oxygens (including phenoxy) is 1. The number of hydrogen-bond acceptors (Lipinski definition) is 5. The Morgan fingerprint density at radius 3 is 2.65 bits per heavy atom. The Labute approximate surface area is 116 Å². The van der Waals surface area contributed by atoms with Crippen LogP contribution in [0, 0.1) is 10.1 Å². The summed E-state index contributed by atoms with van der Waals surface area (Å²) in [5.74, 6) is 0.0907. The van der Waals surface area contributed by atoms with Gasteiger partial charge in [-0.2, -0.15) is 0 Å². The van der Waals surface area contributed by atoms with Crippen LogP contribution in [0.5, 0.6) is 5.75 Å². The van der Waals surface area contributed by atoms with Gasteiger partial charge in [0.1, 0.15) is 5.75 Å². The van der Waals surface area contributed by atoms with Gasteiger partial charge in [-0.1, -0.05) is 0 Å². The van der Waals surface area contributed by atoms with Gasteiger partial charge in [-0.25, -0.2) is 0 Å². The number of carbonyl (C=O) groups excluding carboxylic acids is 1. The van der Waals surface area contributed by atoms with Gasteiger partial charge < -0.3 is 15.4 Å². The summed E-state index contributed by atoms with van der Waals surface area (Å²) < 4.78 is 5.12. The number of likely N-dealkylation sites (tertiary alicyclic amines) is 1. The zero-order valence-electron chi connectivity index (χ0n) is 11.2. The number of carbonyl (C=O) groups is 1. The number of nitrogens with two attached hydrogens (primary N) is 1. The molecule has 0 aliphatic carbocycles. The molecule has 1 saturated heterocycles. The number of amides is 1. The monoisotopic (exact) mass is 279 g/mol. The maximum Gasteiger partial charge on any atom is 0.270 e. The molecule has 0 aromatic heterocycles. The van der Waals surface area contributed by atoms with Crippen molar-refractivity contribution >= 4 is 11.6 Å². The summed E-state index contributed by atoms with van der Waals surface area (Å²) in [5, 5.41) is 10.8. The van der Waals surface area contributed by atoms with Crippen LogP contribution in [-0.4, -0.2) is 42.0 Å². The number of non-ortho nitro benzene ring substituents is 1. The van der Waals surface area contributed by atoms with E-state index in [2.05, 4.69) is 0 Å². The second kappa shape index (κ2) is 5.87. The van der Waals surface area contributed by atoms with Crippen molar-refractivity contribution in [1.82, 2.24) is 4.90 Å². The predicted molar refractivity (Wildman–Crippen MR) is 72.8 cm³/mol. The number of benzene rings is 1. The Kier molecular flexibility index (Phi) is 4.19. The van der Waals surface area contributed by atoms with Gasteiger partial charge in [-0.3, -0.25) is 14.9 Å². The molecule has 1 amide bonds. The van der Waals surface area contributed by atoms with Crippen LogP contribution in [0.1, 0.15) is 23.2 Å². The fraction of sp³-hybridized carbons (Fsp3) is 0.462. The Balaban J connectivity index is 2.27. The first-order chi connectivity index (χ1) is 9.52. The van der Waals surface area contributed by atoms with Crippen molar-refractivity contribution in [2.45, 2.75) is 18.9 Å². The lowest BCUT2D eigenvalue weighted by Crippen LogP contribution is -2.42. The molecule has 0 unspecified atom stereocenters. The van der Waals surface area contributed by atoms with Crippen LogP contribution < -0.4 is 10.5 Å². The van der Waals surface area contributed by atoms with Crippen LogP contribution in [0.15, 0.2) is 18.2 Å². The normalized spacial score (nSPS) is 16.0. The van der Waals surface area contributed by atoms with E-state index >= 15 is 0 Å². The van der Waals surface area contributed by atoms with Gasteiger partial charge in [-0.05, 0) is 18.9 Å². The van der Waals surface area contributed by atoms with E-state index in [1.807, 2.05) is 0 Å². The van der Waals surface area contributed by atoms with Crippen molar-refractivity contribution in [2.24, 2.45) is 5.73 Å². The Morgan fingerprint density at radius 1 is 1.45 bits per heavy atom. The van der Waals surface area contributed by atoms with Gasteiger partial charge in [0.25, 0.3) is 11.6 Å². The van der Waals surface area contributed by atoms with E-state index in [0.29, 0.717) is 18.8 Å². The molecule has 0 saturated carbocycles.